The number of sulfone groups is 1. The molecular formula is C23H20FN3O3S. The molecule has 0 saturated carbocycles. The Morgan fingerprint density at radius 2 is 1.81 bits per heavy atom. The van der Waals surface area contributed by atoms with Crippen LogP contribution in [0.25, 0.3) is 5.78 Å². The molecule has 0 atom stereocenters. The lowest BCUT2D eigenvalue weighted by atomic mass is 10.0. The van der Waals surface area contributed by atoms with Gasteiger partial charge in [0.05, 0.1) is 15.4 Å². The van der Waals surface area contributed by atoms with Crippen LogP contribution < -0.4 is 0 Å². The molecule has 0 radical (unpaired) electrons. The third kappa shape index (κ3) is 4.11. The van der Waals surface area contributed by atoms with E-state index in [2.05, 4.69) is 9.97 Å². The lowest BCUT2D eigenvalue weighted by molar-refractivity contribution is 0.0982. The number of aryl methyl sites for hydroxylation is 3. The molecule has 0 aliphatic rings. The highest BCUT2D eigenvalue weighted by Crippen LogP contribution is 2.26. The number of rotatable bonds is 6. The summed E-state index contributed by atoms with van der Waals surface area (Å²) in [6.45, 7) is 3.11. The van der Waals surface area contributed by atoms with E-state index in [0.29, 0.717) is 23.3 Å². The van der Waals surface area contributed by atoms with Gasteiger partial charge in [-0.15, -0.1) is 0 Å². The third-order valence-electron chi connectivity index (χ3n) is 5.19. The van der Waals surface area contributed by atoms with Gasteiger partial charge in [0.15, 0.2) is 5.78 Å². The fourth-order valence-corrected chi connectivity index (χ4v) is 4.93. The van der Waals surface area contributed by atoms with Crippen LogP contribution in [0.5, 0.6) is 0 Å². The number of fused-ring (bicyclic) bond motifs is 1. The van der Waals surface area contributed by atoms with Crippen molar-refractivity contribution in [3.8, 4) is 0 Å². The second-order valence-corrected chi connectivity index (χ2v) is 9.33. The molecule has 158 valence electrons. The van der Waals surface area contributed by atoms with Crippen molar-refractivity contribution in [1.82, 2.24) is 14.4 Å². The highest BCUT2D eigenvalue weighted by atomic mass is 32.2. The number of Topliss-reactive ketones (excluding diaryl/α,β-unsaturated/α-hetero) is 1. The molecule has 4 rings (SSSR count). The minimum Gasteiger partial charge on any atom is -0.294 e. The number of ketones is 1. The van der Waals surface area contributed by atoms with Crippen molar-refractivity contribution < 1.29 is 17.6 Å². The number of carbonyl (C=O) groups excluding carboxylic acids is 1. The topological polar surface area (TPSA) is 81.4 Å². The van der Waals surface area contributed by atoms with Crippen LogP contribution in [0.3, 0.4) is 0 Å². The number of benzene rings is 2. The van der Waals surface area contributed by atoms with E-state index in [-0.39, 0.29) is 27.6 Å². The van der Waals surface area contributed by atoms with Gasteiger partial charge in [0, 0.05) is 31.2 Å². The molecule has 6 nitrogen and oxygen atoms in total. The van der Waals surface area contributed by atoms with E-state index < -0.39 is 15.7 Å². The fraction of sp³-hybridized carbons (Fsp3) is 0.174. The summed E-state index contributed by atoms with van der Waals surface area (Å²) in [5.41, 5.74) is 1.98. The van der Waals surface area contributed by atoms with Crippen LogP contribution >= 0.6 is 0 Å². The maximum atomic E-state index is 13.7. The van der Waals surface area contributed by atoms with Crippen molar-refractivity contribution in [2.24, 2.45) is 0 Å². The van der Waals surface area contributed by atoms with Gasteiger partial charge in [0.25, 0.3) is 0 Å². The van der Waals surface area contributed by atoms with E-state index >= 15 is 0 Å². The summed E-state index contributed by atoms with van der Waals surface area (Å²) < 4.78 is 41.3. The van der Waals surface area contributed by atoms with E-state index in [1.807, 2.05) is 0 Å². The van der Waals surface area contributed by atoms with Gasteiger partial charge in [-0.3, -0.25) is 9.20 Å². The minimum absolute atomic E-state index is 0.0581. The van der Waals surface area contributed by atoms with Crippen molar-refractivity contribution >= 4 is 21.4 Å². The molecule has 31 heavy (non-hydrogen) atoms. The molecule has 0 bridgehead atoms. The molecule has 0 saturated heterocycles. The van der Waals surface area contributed by atoms with Crippen LogP contribution in [0.4, 0.5) is 4.39 Å². The van der Waals surface area contributed by atoms with Gasteiger partial charge < -0.3 is 0 Å². The number of halogens is 1. The van der Waals surface area contributed by atoms with Gasteiger partial charge in [0.1, 0.15) is 5.82 Å². The number of imidazole rings is 1. The van der Waals surface area contributed by atoms with Crippen LogP contribution in [-0.4, -0.2) is 28.6 Å². The first kappa shape index (κ1) is 20.9. The first-order valence-electron chi connectivity index (χ1n) is 9.68. The van der Waals surface area contributed by atoms with E-state index in [1.165, 1.54) is 37.4 Å². The summed E-state index contributed by atoms with van der Waals surface area (Å²) in [6, 6.07) is 9.03. The monoisotopic (exact) mass is 437 g/mol. The number of aromatic nitrogens is 3. The molecule has 2 heterocycles. The highest BCUT2D eigenvalue weighted by Gasteiger charge is 2.21. The van der Waals surface area contributed by atoms with Gasteiger partial charge in [-0.05, 0) is 61.2 Å². The molecule has 0 aliphatic carbocycles. The Morgan fingerprint density at radius 3 is 2.55 bits per heavy atom. The molecule has 2 aromatic carbocycles. The lowest BCUT2D eigenvalue weighted by Crippen LogP contribution is -2.06. The van der Waals surface area contributed by atoms with Crippen molar-refractivity contribution in [2.75, 3.05) is 0 Å². The number of nitrogens with zero attached hydrogens (tertiary/aromatic N) is 3. The average Bonchev–Trinajstić information content (AvgIpc) is 3.22. The number of hydrogen-bond donors (Lipinski definition) is 0. The molecule has 0 fully saturated rings. The lowest BCUT2D eigenvalue weighted by Gasteiger charge is -2.10. The van der Waals surface area contributed by atoms with Gasteiger partial charge in [-0.2, -0.15) is 0 Å². The largest absolute Gasteiger partial charge is 0.294 e. The zero-order valence-electron chi connectivity index (χ0n) is 17.0. The summed E-state index contributed by atoms with van der Waals surface area (Å²) in [7, 11) is -3.77. The van der Waals surface area contributed by atoms with Crippen LogP contribution in [-0.2, 0) is 16.3 Å². The van der Waals surface area contributed by atoms with Crippen molar-refractivity contribution in [3.63, 3.8) is 0 Å². The molecule has 0 unspecified atom stereocenters. The van der Waals surface area contributed by atoms with Crippen molar-refractivity contribution in [3.05, 3.63) is 89.3 Å². The predicted octanol–water partition coefficient (Wildman–Crippen LogP) is 4.13. The average molecular weight is 437 g/mol. The maximum Gasteiger partial charge on any atom is 0.233 e. The van der Waals surface area contributed by atoms with Gasteiger partial charge in [-0.25, -0.2) is 22.8 Å². The van der Waals surface area contributed by atoms with Crippen LogP contribution in [0.2, 0.25) is 0 Å². The molecular weight excluding hydrogens is 417 g/mol. The van der Waals surface area contributed by atoms with Crippen molar-refractivity contribution in [1.29, 1.82) is 0 Å². The Bertz CT molecular complexity index is 1390. The van der Waals surface area contributed by atoms with E-state index in [1.54, 1.807) is 42.0 Å². The summed E-state index contributed by atoms with van der Waals surface area (Å²) in [5, 5.41) is 0. The van der Waals surface area contributed by atoms with E-state index in [4.69, 9.17) is 0 Å². The molecule has 8 heteroatoms. The highest BCUT2D eigenvalue weighted by molar-refractivity contribution is 7.91. The normalized spacial score (nSPS) is 11.7. The molecule has 0 N–H and O–H groups in total. The molecule has 0 aliphatic heterocycles. The Labute approximate surface area is 179 Å². The molecule has 2 aromatic heterocycles. The van der Waals surface area contributed by atoms with Gasteiger partial charge in [-0.1, -0.05) is 12.1 Å². The van der Waals surface area contributed by atoms with E-state index in [0.717, 1.165) is 5.56 Å². The Hall–Kier alpha value is -3.39. The SMILES string of the molecule is Cc1cc(S(=O)(=O)c2ccc(CCC(=O)c3cnc4nccn4c3)cc2)c(C)cc1F. The van der Waals surface area contributed by atoms with E-state index in [9.17, 15) is 17.6 Å². The smallest absolute Gasteiger partial charge is 0.233 e. The summed E-state index contributed by atoms with van der Waals surface area (Å²) in [4.78, 5) is 20.9. The second kappa shape index (κ2) is 8.03. The van der Waals surface area contributed by atoms with Crippen LogP contribution in [0.1, 0.15) is 33.5 Å². The summed E-state index contributed by atoms with van der Waals surface area (Å²) in [6.07, 6.45) is 7.28. The van der Waals surface area contributed by atoms with Crippen LogP contribution in [0.15, 0.2) is 71.0 Å². The fourth-order valence-electron chi connectivity index (χ4n) is 3.37. The van der Waals surface area contributed by atoms with Gasteiger partial charge >= 0.3 is 0 Å². The third-order valence-corrected chi connectivity index (χ3v) is 7.10. The number of hydrogen-bond acceptors (Lipinski definition) is 5. The molecule has 0 spiro atoms. The van der Waals surface area contributed by atoms with Gasteiger partial charge in [0.2, 0.25) is 15.6 Å². The predicted molar refractivity (Wildman–Crippen MR) is 113 cm³/mol. The standard InChI is InChI=1S/C23H20FN3O3S/c1-15-12-22(16(2)11-20(15)24)31(29,30)19-6-3-17(4-7-19)5-8-21(28)18-13-26-23-25-9-10-27(23)14-18/h3-4,6-7,9-14H,5,8H2,1-2H3. The van der Waals surface area contributed by atoms with Crippen LogP contribution in [0, 0.1) is 19.7 Å². The Kier molecular flexibility index (Phi) is 5.41. The Morgan fingerprint density at radius 1 is 1.06 bits per heavy atom. The zero-order chi connectivity index (χ0) is 22.2. The molecule has 4 aromatic rings. The first-order valence-corrected chi connectivity index (χ1v) is 11.2. The quantitative estimate of drug-likeness (QED) is 0.335. The number of carbonyl (C=O) groups is 1. The van der Waals surface area contributed by atoms with Crippen molar-refractivity contribution in [2.45, 2.75) is 36.5 Å². The zero-order valence-corrected chi connectivity index (χ0v) is 17.9. The first-order chi connectivity index (χ1) is 14.8. The second-order valence-electron chi connectivity index (χ2n) is 7.41. The molecule has 0 amide bonds. The summed E-state index contributed by atoms with van der Waals surface area (Å²) >= 11 is 0. The Balaban J connectivity index is 1.49. The maximum absolute atomic E-state index is 13.7. The minimum atomic E-state index is -3.77. The summed E-state index contributed by atoms with van der Waals surface area (Å²) in [5.74, 6) is 0.0380.